The first-order chi connectivity index (χ1) is 9.94. The van der Waals surface area contributed by atoms with Gasteiger partial charge in [0.2, 0.25) is 0 Å². The molecule has 0 saturated heterocycles. The third-order valence-corrected chi connectivity index (χ3v) is 4.20. The minimum Gasteiger partial charge on any atom is -0.487 e. The van der Waals surface area contributed by atoms with E-state index in [0.29, 0.717) is 10.0 Å². The maximum Gasteiger partial charge on any atom is 0.125 e. The Balaban J connectivity index is 1.96. The lowest BCUT2D eigenvalue weighted by molar-refractivity contribution is 0.0759. The lowest BCUT2D eigenvalue weighted by Gasteiger charge is -2.38. The second kappa shape index (κ2) is 5.43. The molecule has 1 aliphatic rings. The number of rotatable bonds is 2. The first-order valence-corrected chi connectivity index (χ1v) is 7.70. The Morgan fingerprint density at radius 2 is 1.90 bits per heavy atom. The van der Waals surface area contributed by atoms with Crippen molar-refractivity contribution in [3.05, 3.63) is 58.1 Å². The van der Waals surface area contributed by atoms with Gasteiger partial charge in [-0.1, -0.05) is 41.4 Å². The normalized spacial score (nSPS) is 19.5. The van der Waals surface area contributed by atoms with Crippen molar-refractivity contribution in [2.75, 3.05) is 5.32 Å². The van der Waals surface area contributed by atoms with E-state index >= 15 is 0 Å². The van der Waals surface area contributed by atoms with Crippen LogP contribution in [0.3, 0.4) is 0 Å². The summed E-state index contributed by atoms with van der Waals surface area (Å²) in [6, 6.07) is 13.7. The van der Waals surface area contributed by atoms with E-state index in [4.69, 9.17) is 27.9 Å². The summed E-state index contributed by atoms with van der Waals surface area (Å²) in [6.07, 6.45) is 0.854. The molecule has 1 heterocycles. The molecule has 0 aliphatic carbocycles. The monoisotopic (exact) mass is 321 g/mol. The highest BCUT2D eigenvalue weighted by Crippen LogP contribution is 2.42. The van der Waals surface area contributed by atoms with Gasteiger partial charge in [0.15, 0.2) is 0 Å². The highest BCUT2D eigenvalue weighted by molar-refractivity contribution is 6.35. The molecular formula is C17H17Cl2NO. The molecule has 1 aliphatic heterocycles. The topological polar surface area (TPSA) is 21.3 Å². The van der Waals surface area contributed by atoms with Gasteiger partial charge in [0.05, 0.1) is 16.8 Å². The van der Waals surface area contributed by atoms with Crippen molar-refractivity contribution in [3.63, 3.8) is 0 Å². The zero-order valence-electron chi connectivity index (χ0n) is 12.0. The standard InChI is InChI=1S/C17H17Cl2NO/c1-17(2)10-15(12-5-3-4-6-16(12)21-17)20-14-9-11(18)7-8-13(14)19/h3-9,15,20H,10H2,1-2H3. The Bertz CT molecular complexity index is 670. The van der Waals surface area contributed by atoms with Gasteiger partial charge in [-0.2, -0.15) is 0 Å². The average molecular weight is 322 g/mol. The maximum absolute atomic E-state index is 6.26. The average Bonchev–Trinajstić information content (AvgIpc) is 2.41. The molecule has 2 aromatic rings. The summed E-state index contributed by atoms with van der Waals surface area (Å²) in [4.78, 5) is 0. The molecule has 0 radical (unpaired) electrons. The predicted molar refractivity (Wildman–Crippen MR) is 88.6 cm³/mol. The zero-order chi connectivity index (χ0) is 15.0. The smallest absolute Gasteiger partial charge is 0.125 e. The van der Waals surface area contributed by atoms with Crippen LogP contribution in [0.1, 0.15) is 31.9 Å². The molecular weight excluding hydrogens is 305 g/mol. The third-order valence-electron chi connectivity index (χ3n) is 3.63. The lowest BCUT2D eigenvalue weighted by atomic mass is 9.89. The molecule has 110 valence electrons. The van der Waals surface area contributed by atoms with Crippen LogP contribution >= 0.6 is 23.2 Å². The fourth-order valence-electron chi connectivity index (χ4n) is 2.73. The first kappa shape index (κ1) is 14.6. The summed E-state index contributed by atoms with van der Waals surface area (Å²) in [5, 5.41) is 4.84. The molecule has 1 unspecified atom stereocenters. The van der Waals surface area contributed by atoms with E-state index in [1.54, 1.807) is 6.07 Å². The van der Waals surface area contributed by atoms with Crippen LogP contribution in [0.5, 0.6) is 5.75 Å². The van der Waals surface area contributed by atoms with E-state index in [1.807, 2.05) is 30.3 Å². The molecule has 2 nitrogen and oxygen atoms in total. The fraction of sp³-hybridized carbons (Fsp3) is 0.294. The highest BCUT2D eigenvalue weighted by Gasteiger charge is 2.33. The van der Waals surface area contributed by atoms with Crippen molar-refractivity contribution in [2.45, 2.75) is 31.9 Å². The van der Waals surface area contributed by atoms with E-state index in [9.17, 15) is 0 Å². The van der Waals surface area contributed by atoms with E-state index in [2.05, 4.69) is 25.2 Å². The van der Waals surface area contributed by atoms with Crippen molar-refractivity contribution < 1.29 is 4.74 Å². The molecule has 4 heteroatoms. The van der Waals surface area contributed by atoms with Crippen LogP contribution in [0.25, 0.3) is 0 Å². The minimum absolute atomic E-state index is 0.140. The largest absolute Gasteiger partial charge is 0.487 e. The van der Waals surface area contributed by atoms with Crippen LogP contribution in [0.4, 0.5) is 5.69 Å². The Labute approximate surface area is 135 Å². The van der Waals surface area contributed by atoms with Gasteiger partial charge in [-0.15, -0.1) is 0 Å². The minimum atomic E-state index is -0.225. The number of hydrogen-bond donors (Lipinski definition) is 1. The summed E-state index contributed by atoms with van der Waals surface area (Å²) in [5.74, 6) is 0.921. The Kier molecular flexibility index (Phi) is 3.76. The predicted octanol–water partition coefficient (Wildman–Crippen LogP) is 5.71. The highest BCUT2D eigenvalue weighted by atomic mass is 35.5. The van der Waals surface area contributed by atoms with E-state index in [-0.39, 0.29) is 11.6 Å². The Morgan fingerprint density at radius 1 is 1.14 bits per heavy atom. The van der Waals surface area contributed by atoms with Crippen LogP contribution < -0.4 is 10.1 Å². The van der Waals surface area contributed by atoms with Gasteiger partial charge in [-0.05, 0) is 38.1 Å². The van der Waals surface area contributed by atoms with Gasteiger partial charge in [-0.25, -0.2) is 0 Å². The molecule has 0 fully saturated rings. The van der Waals surface area contributed by atoms with Crippen molar-refractivity contribution >= 4 is 28.9 Å². The number of anilines is 1. The van der Waals surface area contributed by atoms with Crippen LogP contribution in [0.2, 0.25) is 10.0 Å². The SMILES string of the molecule is CC1(C)CC(Nc2cc(Cl)ccc2Cl)c2ccccc2O1. The molecule has 0 bridgehead atoms. The van der Waals surface area contributed by atoms with Gasteiger partial charge in [0.25, 0.3) is 0 Å². The Morgan fingerprint density at radius 3 is 2.71 bits per heavy atom. The van der Waals surface area contributed by atoms with E-state index in [1.165, 1.54) is 0 Å². The summed E-state index contributed by atoms with van der Waals surface area (Å²) in [5.41, 5.74) is 1.77. The van der Waals surface area contributed by atoms with Crippen LogP contribution in [0, 0.1) is 0 Å². The van der Waals surface area contributed by atoms with Crippen LogP contribution in [-0.4, -0.2) is 5.60 Å². The first-order valence-electron chi connectivity index (χ1n) is 6.94. The molecule has 0 amide bonds. The molecule has 0 saturated carbocycles. The second-order valence-electron chi connectivity index (χ2n) is 5.92. The Hall–Kier alpha value is -1.38. The van der Waals surface area contributed by atoms with Gasteiger partial charge in [0.1, 0.15) is 11.4 Å². The maximum atomic E-state index is 6.26. The third kappa shape index (κ3) is 3.12. The number of para-hydroxylation sites is 1. The number of hydrogen-bond acceptors (Lipinski definition) is 2. The quantitative estimate of drug-likeness (QED) is 0.765. The van der Waals surface area contributed by atoms with Gasteiger partial charge >= 0.3 is 0 Å². The summed E-state index contributed by atoms with van der Waals surface area (Å²) in [6.45, 7) is 4.19. The fourth-order valence-corrected chi connectivity index (χ4v) is 3.07. The summed E-state index contributed by atoms with van der Waals surface area (Å²) >= 11 is 12.3. The number of benzene rings is 2. The molecule has 3 rings (SSSR count). The molecule has 0 aromatic heterocycles. The molecule has 1 N–H and O–H groups in total. The molecule has 0 spiro atoms. The molecule has 21 heavy (non-hydrogen) atoms. The van der Waals surface area contributed by atoms with Gasteiger partial charge in [0, 0.05) is 17.0 Å². The number of nitrogens with one attached hydrogen (secondary N) is 1. The summed E-state index contributed by atoms with van der Waals surface area (Å²) in [7, 11) is 0. The molecule has 2 aromatic carbocycles. The van der Waals surface area contributed by atoms with E-state index in [0.717, 1.165) is 23.4 Å². The number of fused-ring (bicyclic) bond motifs is 1. The summed E-state index contributed by atoms with van der Waals surface area (Å²) < 4.78 is 6.04. The van der Waals surface area contributed by atoms with Gasteiger partial charge in [-0.3, -0.25) is 0 Å². The van der Waals surface area contributed by atoms with Crippen molar-refractivity contribution in [1.29, 1.82) is 0 Å². The second-order valence-corrected chi connectivity index (χ2v) is 6.77. The molecule has 1 atom stereocenters. The van der Waals surface area contributed by atoms with Crippen LogP contribution in [-0.2, 0) is 0 Å². The van der Waals surface area contributed by atoms with E-state index < -0.39 is 0 Å². The van der Waals surface area contributed by atoms with Crippen molar-refractivity contribution in [2.24, 2.45) is 0 Å². The van der Waals surface area contributed by atoms with Gasteiger partial charge < -0.3 is 10.1 Å². The van der Waals surface area contributed by atoms with Crippen molar-refractivity contribution in [1.82, 2.24) is 0 Å². The number of ether oxygens (including phenoxy) is 1. The van der Waals surface area contributed by atoms with Crippen molar-refractivity contribution in [3.8, 4) is 5.75 Å². The zero-order valence-corrected chi connectivity index (χ0v) is 13.5. The number of halogens is 2. The van der Waals surface area contributed by atoms with Crippen LogP contribution in [0.15, 0.2) is 42.5 Å². The lowest BCUT2D eigenvalue weighted by Crippen LogP contribution is -2.37.